The largest absolute Gasteiger partial charge is 0.369 e. The summed E-state index contributed by atoms with van der Waals surface area (Å²) in [6, 6.07) is 0. The van der Waals surface area contributed by atoms with Crippen molar-refractivity contribution in [1.29, 1.82) is 0 Å². The summed E-state index contributed by atoms with van der Waals surface area (Å²) in [5.41, 5.74) is 16.4. The molecule has 1 aliphatic rings. The molecule has 0 amide bonds. The van der Waals surface area contributed by atoms with Crippen molar-refractivity contribution in [2.75, 3.05) is 6.54 Å². The molecular formula is C5H12N6. The van der Waals surface area contributed by atoms with Crippen LogP contribution in [0.15, 0.2) is 9.98 Å². The standard InChI is InChI=1S/C5H12N6/c1-2-11-4(7)9-3(6)10-5(11)8/h4H,2,7H2,1H3,(H4,6,8,9,10). The maximum absolute atomic E-state index is 5.57. The first-order valence-corrected chi connectivity index (χ1v) is 3.34. The van der Waals surface area contributed by atoms with Crippen LogP contribution >= 0.6 is 0 Å². The van der Waals surface area contributed by atoms with Gasteiger partial charge in [0.2, 0.25) is 11.9 Å². The molecule has 1 heterocycles. The lowest BCUT2D eigenvalue weighted by atomic mass is 10.5. The molecule has 0 saturated heterocycles. The van der Waals surface area contributed by atoms with Gasteiger partial charge in [0.25, 0.3) is 0 Å². The molecule has 1 unspecified atom stereocenters. The van der Waals surface area contributed by atoms with Gasteiger partial charge < -0.3 is 16.4 Å². The average molecular weight is 156 g/mol. The van der Waals surface area contributed by atoms with Crippen molar-refractivity contribution < 1.29 is 0 Å². The van der Waals surface area contributed by atoms with E-state index in [1.807, 2.05) is 6.92 Å². The Kier molecular flexibility index (Phi) is 1.95. The van der Waals surface area contributed by atoms with Gasteiger partial charge in [-0.15, -0.1) is 0 Å². The number of guanidine groups is 2. The molecule has 62 valence electrons. The molecule has 6 nitrogen and oxygen atoms in total. The highest BCUT2D eigenvalue weighted by atomic mass is 15.4. The molecule has 0 spiro atoms. The normalized spacial score (nSPS) is 24.5. The summed E-state index contributed by atoms with van der Waals surface area (Å²) in [4.78, 5) is 9.22. The summed E-state index contributed by atoms with van der Waals surface area (Å²) in [6.45, 7) is 2.59. The second-order valence-electron chi connectivity index (χ2n) is 2.16. The van der Waals surface area contributed by atoms with E-state index in [4.69, 9.17) is 17.2 Å². The van der Waals surface area contributed by atoms with Crippen LogP contribution in [0.3, 0.4) is 0 Å². The van der Waals surface area contributed by atoms with E-state index < -0.39 is 6.29 Å². The molecule has 0 aromatic heterocycles. The maximum atomic E-state index is 5.57. The highest BCUT2D eigenvalue weighted by Crippen LogP contribution is 1.99. The molecule has 0 aromatic rings. The maximum Gasteiger partial charge on any atom is 0.221 e. The van der Waals surface area contributed by atoms with E-state index in [9.17, 15) is 0 Å². The number of nitrogens with zero attached hydrogens (tertiary/aromatic N) is 3. The molecule has 6 heteroatoms. The Bertz CT molecular complexity index is 207. The predicted octanol–water partition coefficient (Wildman–Crippen LogP) is -1.81. The van der Waals surface area contributed by atoms with Crippen molar-refractivity contribution in [3.05, 3.63) is 0 Å². The van der Waals surface area contributed by atoms with Crippen molar-refractivity contribution in [3.8, 4) is 0 Å². The second-order valence-corrected chi connectivity index (χ2v) is 2.16. The Balaban J connectivity index is 2.82. The molecule has 0 aliphatic carbocycles. The topological polar surface area (TPSA) is 106 Å². The zero-order chi connectivity index (χ0) is 8.43. The minimum absolute atomic E-state index is 0.139. The minimum atomic E-state index is -0.488. The van der Waals surface area contributed by atoms with Crippen LogP contribution in [0.4, 0.5) is 0 Å². The lowest BCUT2D eigenvalue weighted by Crippen LogP contribution is -2.51. The number of hydrogen-bond acceptors (Lipinski definition) is 6. The van der Waals surface area contributed by atoms with E-state index in [2.05, 4.69) is 9.98 Å². The van der Waals surface area contributed by atoms with Gasteiger partial charge >= 0.3 is 0 Å². The summed E-state index contributed by atoms with van der Waals surface area (Å²) in [6.07, 6.45) is -0.488. The van der Waals surface area contributed by atoms with Crippen LogP contribution in [0.5, 0.6) is 0 Å². The molecular weight excluding hydrogens is 144 g/mol. The van der Waals surface area contributed by atoms with Crippen molar-refractivity contribution in [1.82, 2.24) is 4.90 Å². The number of hydrogen-bond donors (Lipinski definition) is 3. The molecule has 11 heavy (non-hydrogen) atoms. The fourth-order valence-corrected chi connectivity index (χ4v) is 0.900. The predicted molar refractivity (Wildman–Crippen MR) is 43.6 cm³/mol. The summed E-state index contributed by atoms with van der Waals surface area (Å²) in [7, 11) is 0. The quantitative estimate of drug-likeness (QED) is 0.416. The lowest BCUT2D eigenvalue weighted by Gasteiger charge is -2.28. The summed E-state index contributed by atoms with van der Waals surface area (Å²) < 4.78 is 0. The molecule has 0 bridgehead atoms. The van der Waals surface area contributed by atoms with Gasteiger partial charge in [-0.2, -0.15) is 4.99 Å². The number of aliphatic imine (C=N–C) groups is 2. The van der Waals surface area contributed by atoms with Crippen LogP contribution in [-0.4, -0.2) is 29.7 Å². The Morgan fingerprint density at radius 1 is 1.55 bits per heavy atom. The Morgan fingerprint density at radius 2 is 2.18 bits per heavy atom. The fourth-order valence-electron chi connectivity index (χ4n) is 0.900. The van der Waals surface area contributed by atoms with E-state index in [1.165, 1.54) is 0 Å². The summed E-state index contributed by atoms with van der Waals surface area (Å²) >= 11 is 0. The number of nitrogens with two attached hydrogens (primary N) is 3. The summed E-state index contributed by atoms with van der Waals surface area (Å²) in [5.74, 6) is 0.465. The highest BCUT2D eigenvalue weighted by Gasteiger charge is 2.17. The third kappa shape index (κ3) is 1.40. The van der Waals surface area contributed by atoms with E-state index >= 15 is 0 Å². The third-order valence-electron chi connectivity index (χ3n) is 1.45. The van der Waals surface area contributed by atoms with E-state index in [0.29, 0.717) is 12.5 Å². The van der Waals surface area contributed by atoms with Crippen molar-refractivity contribution in [2.45, 2.75) is 13.2 Å². The van der Waals surface area contributed by atoms with Crippen LogP contribution in [0.1, 0.15) is 6.92 Å². The smallest absolute Gasteiger partial charge is 0.221 e. The van der Waals surface area contributed by atoms with Crippen LogP contribution in [-0.2, 0) is 0 Å². The first-order valence-electron chi connectivity index (χ1n) is 3.34. The Labute approximate surface area is 64.8 Å². The zero-order valence-electron chi connectivity index (χ0n) is 6.36. The first kappa shape index (κ1) is 7.80. The first-order chi connectivity index (χ1) is 5.15. The zero-order valence-corrected chi connectivity index (χ0v) is 6.36. The summed E-state index contributed by atoms with van der Waals surface area (Å²) in [5, 5.41) is 0. The van der Waals surface area contributed by atoms with Crippen LogP contribution in [0, 0.1) is 0 Å². The van der Waals surface area contributed by atoms with Gasteiger partial charge in [0, 0.05) is 6.54 Å². The van der Waals surface area contributed by atoms with Crippen molar-refractivity contribution in [3.63, 3.8) is 0 Å². The van der Waals surface area contributed by atoms with Gasteiger partial charge in [-0.05, 0) is 6.92 Å². The van der Waals surface area contributed by atoms with Gasteiger partial charge in [0.05, 0.1) is 0 Å². The Morgan fingerprint density at radius 3 is 2.64 bits per heavy atom. The SMILES string of the molecule is CCN1C(N)=NC(N)=NC1N. The lowest BCUT2D eigenvalue weighted by molar-refractivity contribution is 0.332. The van der Waals surface area contributed by atoms with Crippen LogP contribution in [0.2, 0.25) is 0 Å². The highest BCUT2D eigenvalue weighted by molar-refractivity contribution is 5.95. The van der Waals surface area contributed by atoms with Gasteiger partial charge in [-0.1, -0.05) is 0 Å². The van der Waals surface area contributed by atoms with Gasteiger partial charge in [0.1, 0.15) is 0 Å². The molecule has 0 saturated carbocycles. The van der Waals surface area contributed by atoms with Gasteiger partial charge in [-0.25, -0.2) is 4.99 Å². The Hall–Kier alpha value is -1.30. The van der Waals surface area contributed by atoms with Crippen molar-refractivity contribution in [2.24, 2.45) is 27.2 Å². The molecule has 0 aromatic carbocycles. The van der Waals surface area contributed by atoms with Crippen LogP contribution < -0.4 is 17.2 Å². The van der Waals surface area contributed by atoms with E-state index in [-0.39, 0.29) is 5.96 Å². The minimum Gasteiger partial charge on any atom is -0.369 e. The van der Waals surface area contributed by atoms with Crippen LogP contribution in [0.25, 0.3) is 0 Å². The molecule has 1 rings (SSSR count). The fraction of sp³-hybridized carbons (Fsp3) is 0.600. The third-order valence-corrected chi connectivity index (χ3v) is 1.45. The van der Waals surface area contributed by atoms with Gasteiger partial charge in [0.15, 0.2) is 6.29 Å². The molecule has 1 atom stereocenters. The van der Waals surface area contributed by atoms with Crippen molar-refractivity contribution >= 4 is 11.9 Å². The monoisotopic (exact) mass is 156 g/mol. The molecule has 0 fully saturated rings. The second kappa shape index (κ2) is 2.75. The average Bonchev–Trinajstić information content (AvgIpc) is 1.85. The van der Waals surface area contributed by atoms with E-state index in [1.54, 1.807) is 4.90 Å². The molecule has 6 N–H and O–H groups in total. The number of rotatable bonds is 1. The van der Waals surface area contributed by atoms with E-state index in [0.717, 1.165) is 0 Å². The van der Waals surface area contributed by atoms with Gasteiger partial charge in [-0.3, -0.25) is 5.73 Å². The molecule has 0 radical (unpaired) electrons. The molecule has 1 aliphatic heterocycles.